The second kappa shape index (κ2) is 4.37. The summed E-state index contributed by atoms with van der Waals surface area (Å²) >= 11 is 0. The molecule has 0 fully saturated rings. The first-order chi connectivity index (χ1) is 7.99. The number of benzene rings is 2. The molecule has 0 aliphatic rings. The van der Waals surface area contributed by atoms with E-state index in [-0.39, 0.29) is 0 Å². The summed E-state index contributed by atoms with van der Waals surface area (Å²) in [5.41, 5.74) is 9.51. The smallest absolute Gasteiger partial charge is 0.0178 e. The first kappa shape index (κ1) is 11.9. The van der Waals surface area contributed by atoms with Gasteiger partial charge in [-0.2, -0.15) is 0 Å². The van der Waals surface area contributed by atoms with Crippen LogP contribution in [0.1, 0.15) is 27.8 Å². The topological polar surface area (TPSA) is 0 Å². The van der Waals surface area contributed by atoms with Crippen molar-refractivity contribution in [2.75, 3.05) is 0 Å². The lowest BCUT2D eigenvalue weighted by Crippen LogP contribution is -1.90. The molecule has 2 rings (SSSR count). The van der Waals surface area contributed by atoms with Gasteiger partial charge in [0, 0.05) is 0 Å². The molecule has 0 N–H and O–H groups in total. The van der Waals surface area contributed by atoms with E-state index < -0.39 is 0 Å². The SMILES string of the molecule is Cc1ccc(-c2cc(C)c(C)c(C)c2)cc1C. The van der Waals surface area contributed by atoms with Gasteiger partial charge in [0.15, 0.2) is 0 Å². The minimum Gasteiger partial charge on any atom is -0.0584 e. The van der Waals surface area contributed by atoms with Crippen molar-refractivity contribution in [1.82, 2.24) is 0 Å². The summed E-state index contributed by atoms with van der Waals surface area (Å²) in [4.78, 5) is 0. The van der Waals surface area contributed by atoms with Gasteiger partial charge in [0.1, 0.15) is 0 Å². The van der Waals surface area contributed by atoms with Gasteiger partial charge in [-0.15, -0.1) is 0 Å². The molecule has 0 saturated carbocycles. The van der Waals surface area contributed by atoms with Crippen molar-refractivity contribution < 1.29 is 0 Å². The van der Waals surface area contributed by atoms with Crippen LogP contribution in [0.3, 0.4) is 0 Å². The van der Waals surface area contributed by atoms with E-state index in [4.69, 9.17) is 0 Å². The maximum Gasteiger partial charge on any atom is -0.0178 e. The maximum absolute atomic E-state index is 2.28. The van der Waals surface area contributed by atoms with E-state index in [1.54, 1.807) is 0 Å². The van der Waals surface area contributed by atoms with E-state index in [0.717, 1.165) is 0 Å². The Bertz CT molecular complexity index is 539. The first-order valence-corrected chi connectivity index (χ1v) is 6.14. The normalized spacial score (nSPS) is 10.6. The summed E-state index contributed by atoms with van der Waals surface area (Å²) in [6, 6.07) is 11.3. The predicted molar refractivity (Wildman–Crippen MR) is 75.6 cm³/mol. The van der Waals surface area contributed by atoms with Crippen LogP contribution < -0.4 is 0 Å². The monoisotopic (exact) mass is 224 g/mol. The van der Waals surface area contributed by atoms with Crippen LogP contribution in [0, 0.1) is 34.6 Å². The van der Waals surface area contributed by atoms with Crippen LogP contribution >= 0.6 is 0 Å². The summed E-state index contributed by atoms with van der Waals surface area (Å²) in [6.07, 6.45) is 0. The number of hydrogen-bond donors (Lipinski definition) is 0. The van der Waals surface area contributed by atoms with Crippen LogP contribution in [0.5, 0.6) is 0 Å². The minimum atomic E-state index is 1.32. The van der Waals surface area contributed by atoms with Crippen molar-refractivity contribution in [3.63, 3.8) is 0 Å². The Kier molecular flexibility index (Phi) is 3.06. The van der Waals surface area contributed by atoms with Crippen molar-refractivity contribution in [2.24, 2.45) is 0 Å². The van der Waals surface area contributed by atoms with Crippen molar-refractivity contribution >= 4 is 0 Å². The Morgan fingerprint density at radius 1 is 0.529 bits per heavy atom. The lowest BCUT2D eigenvalue weighted by Gasteiger charge is -2.10. The van der Waals surface area contributed by atoms with E-state index in [2.05, 4.69) is 65.0 Å². The van der Waals surface area contributed by atoms with Crippen LogP contribution in [0.2, 0.25) is 0 Å². The van der Waals surface area contributed by atoms with Crippen LogP contribution in [0.15, 0.2) is 30.3 Å². The predicted octanol–water partition coefficient (Wildman–Crippen LogP) is 4.90. The largest absolute Gasteiger partial charge is 0.0584 e. The van der Waals surface area contributed by atoms with Crippen LogP contribution in [-0.2, 0) is 0 Å². The van der Waals surface area contributed by atoms with Crippen LogP contribution in [0.25, 0.3) is 11.1 Å². The Balaban J connectivity index is 2.57. The highest BCUT2D eigenvalue weighted by molar-refractivity contribution is 5.67. The summed E-state index contributed by atoms with van der Waals surface area (Å²) in [5.74, 6) is 0. The van der Waals surface area contributed by atoms with Gasteiger partial charge in [-0.25, -0.2) is 0 Å². The molecular weight excluding hydrogens is 204 g/mol. The minimum absolute atomic E-state index is 1.32. The third-order valence-corrected chi connectivity index (χ3v) is 3.77. The molecule has 0 unspecified atom stereocenters. The van der Waals surface area contributed by atoms with Gasteiger partial charge < -0.3 is 0 Å². The van der Waals surface area contributed by atoms with Gasteiger partial charge in [-0.05, 0) is 73.6 Å². The molecule has 0 atom stereocenters. The molecule has 0 bridgehead atoms. The van der Waals surface area contributed by atoms with Gasteiger partial charge in [-0.3, -0.25) is 0 Å². The van der Waals surface area contributed by atoms with Crippen molar-refractivity contribution in [3.8, 4) is 11.1 Å². The second-order valence-electron chi connectivity index (χ2n) is 5.03. The highest BCUT2D eigenvalue weighted by atomic mass is 14.1. The van der Waals surface area contributed by atoms with Crippen molar-refractivity contribution in [3.05, 3.63) is 58.1 Å². The number of aryl methyl sites for hydroxylation is 4. The van der Waals surface area contributed by atoms with E-state index in [1.807, 2.05) is 0 Å². The van der Waals surface area contributed by atoms with Crippen molar-refractivity contribution in [1.29, 1.82) is 0 Å². The van der Waals surface area contributed by atoms with Gasteiger partial charge in [-0.1, -0.05) is 30.3 Å². The standard InChI is InChI=1S/C17H20/c1-11-6-7-16(8-12(11)2)17-9-13(3)15(5)14(4)10-17/h6-10H,1-5H3. The van der Waals surface area contributed by atoms with E-state index in [1.165, 1.54) is 38.9 Å². The highest BCUT2D eigenvalue weighted by Crippen LogP contribution is 2.26. The molecule has 0 aliphatic heterocycles. The zero-order valence-corrected chi connectivity index (χ0v) is 11.4. The quantitative estimate of drug-likeness (QED) is 0.646. The lowest BCUT2D eigenvalue weighted by atomic mass is 9.95. The Hall–Kier alpha value is -1.56. The molecule has 0 heteroatoms. The molecule has 0 heterocycles. The molecule has 88 valence electrons. The van der Waals surface area contributed by atoms with E-state index >= 15 is 0 Å². The fourth-order valence-corrected chi connectivity index (χ4v) is 2.12. The van der Waals surface area contributed by atoms with E-state index in [9.17, 15) is 0 Å². The molecule has 0 aliphatic carbocycles. The molecular formula is C17H20. The summed E-state index contributed by atoms with van der Waals surface area (Å²) in [7, 11) is 0. The molecule has 0 aromatic heterocycles. The van der Waals surface area contributed by atoms with Crippen molar-refractivity contribution in [2.45, 2.75) is 34.6 Å². The van der Waals surface area contributed by atoms with Gasteiger partial charge in [0.25, 0.3) is 0 Å². The van der Waals surface area contributed by atoms with Gasteiger partial charge in [0.2, 0.25) is 0 Å². The average Bonchev–Trinajstić information content (AvgIpc) is 2.29. The Labute approximate surface area is 104 Å². The summed E-state index contributed by atoms with van der Waals surface area (Å²) in [6.45, 7) is 10.9. The Morgan fingerprint density at radius 2 is 1.06 bits per heavy atom. The molecule has 2 aromatic rings. The molecule has 0 saturated heterocycles. The fourth-order valence-electron chi connectivity index (χ4n) is 2.12. The summed E-state index contributed by atoms with van der Waals surface area (Å²) in [5, 5.41) is 0. The zero-order chi connectivity index (χ0) is 12.6. The molecule has 17 heavy (non-hydrogen) atoms. The third kappa shape index (κ3) is 2.26. The highest BCUT2D eigenvalue weighted by Gasteiger charge is 2.04. The molecule has 0 amide bonds. The fraction of sp³-hybridized carbons (Fsp3) is 0.294. The van der Waals surface area contributed by atoms with Gasteiger partial charge >= 0.3 is 0 Å². The van der Waals surface area contributed by atoms with Gasteiger partial charge in [0.05, 0.1) is 0 Å². The lowest BCUT2D eigenvalue weighted by molar-refractivity contribution is 1.26. The van der Waals surface area contributed by atoms with Crippen LogP contribution in [-0.4, -0.2) is 0 Å². The zero-order valence-electron chi connectivity index (χ0n) is 11.4. The molecule has 0 radical (unpaired) electrons. The maximum atomic E-state index is 2.28. The molecule has 0 spiro atoms. The second-order valence-corrected chi connectivity index (χ2v) is 5.03. The first-order valence-electron chi connectivity index (χ1n) is 6.14. The Morgan fingerprint density at radius 3 is 1.59 bits per heavy atom. The average molecular weight is 224 g/mol. The summed E-state index contributed by atoms with van der Waals surface area (Å²) < 4.78 is 0. The number of hydrogen-bond acceptors (Lipinski definition) is 0. The number of rotatable bonds is 1. The molecule has 0 nitrogen and oxygen atoms in total. The van der Waals surface area contributed by atoms with Crippen LogP contribution in [0.4, 0.5) is 0 Å². The molecule has 2 aromatic carbocycles. The third-order valence-electron chi connectivity index (χ3n) is 3.77. The van der Waals surface area contributed by atoms with E-state index in [0.29, 0.717) is 0 Å².